The molecular weight excluding hydrogens is 359 g/mol. The monoisotopic (exact) mass is 384 g/mol. The van der Waals surface area contributed by atoms with Crippen LogP contribution in [-0.2, 0) is 4.57 Å². The smallest absolute Gasteiger partial charge is 0.229 e. The summed E-state index contributed by atoms with van der Waals surface area (Å²) in [5.74, 6) is 2.33. The summed E-state index contributed by atoms with van der Waals surface area (Å²) in [7, 11) is -2.26. The molecule has 0 aliphatic heterocycles. The first-order chi connectivity index (χ1) is 12.7. The van der Waals surface area contributed by atoms with Gasteiger partial charge < -0.3 is 15.2 Å². The van der Waals surface area contributed by atoms with Gasteiger partial charge in [-0.2, -0.15) is 10.1 Å². The first-order valence-corrected chi connectivity index (χ1v) is 11.4. The number of aryl methyl sites for hydroxylation is 1. The van der Waals surface area contributed by atoms with Crippen molar-refractivity contribution < 1.29 is 4.57 Å². The maximum absolute atomic E-state index is 12.1. The molecule has 27 heavy (non-hydrogen) atoms. The second-order valence-electron chi connectivity index (χ2n) is 7.23. The van der Waals surface area contributed by atoms with Gasteiger partial charge in [-0.25, -0.2) is 4.98 Å². The molecule has 3 N–H and O–H groups in total. The summed E-state index contributed by atoms with van der Waals surface area (Å²) in [5, 5.41) is 14.6. The van der Waals surface area contributed by atoms with Crippen LogP contribution >= 0.6 is 7.14 Å². The van der Waals surface area contributed by atoms with E-state index in [1.807, 2.05) is 37.3 Å². The number of aromatic nitrogens is 4. The van der Waals surface area contributed by atoms with Gasteiger partial charge in [0, 0.05) is 28.8 Å². The lowest BCUT2D eigenvalue weighted by Gasteiger charge is -2.11. The van der Waals surface area contributed by atoms with E-state index in [0.29, 0.717) is 17.7 Å². The summed E-state index contributed by atoms with van der Waals surface area (Å²) >= 11 is 0. The molecule has 2 heterocycles. The first kappa shape index (κ1) is 19.1. The molecule has 0 saturated heterocycles. The van der Waals surface area contributed by atoms with Crippen LogP contribution in [0.5, 0.6) is 0 Å². The van der Waals surface area contributed by atoms with Crippen LogP contribution in [0.15, 0.2) is 36.5 Å². The van der Waals surface area contributed by atoms with E-state index in [9.17, 15) is 4.57 Å². The topological polar surface area (TPSA) is 95.6 Å². The van der Waals surface area contributed by atoms with Gasteiger partial charge in [-0.15, -0.1) is 0 Å². The number of rotatable bonds is 6. The molecule has 0 fully saturated rings. The molecule has 0 atom stereocenters. The van der Waals surface area contributed by atoms with E-state index in [2.05, 4.69) is 44.6 Å². The van der Waals surface area contributed by atoms with Gasteiger partial charge in [0.05, 0.1) is 5.69 Å². The Morgan fingerprint density at radius 1 is 1.11 bits per heavy atom. The Kier molecular flexibility index (Phi) is 5.33. The molecule has 142 valence electrons. The minimum absolute atomic E-state index is 0.352. The number of aromatic amines is 1. The maximum atomic E-state index is 12.1. The van der Waals surface area contributed by atoms with Crippen molar-refractivity contribution in [3.05, 3.63) is 47.8 Å². The highest BCUT2D eigenvalue weighted by Gasteiger charge is 2.11. The molecule has 0 bridgehead atoms. The van der Waals surface area contributed by atoms with Crippen LogP contribution in [0.2, 0.25) is 0 Å². The predicted octanol–water partition coefficient (Wildman–Crippen LogP) is 4.37. The lowest BCUT2D eigenvalue weighted by atomic mass is 10.1. The Balaban J connectivity index is 1.77. The molecule has 0 aliphatic carbocycles. The Labute approximate surface area is 159 Å². The minimum Gasteiger partial charge on any atom is -0.325 e. The van der Waals surface area contributed by atoms with E-state index in [0.717, 1.165) is 28.1 Å². The summed E-state index contributed by atoms with van der Waals surface area (Å²) in [5.41, 5.74) is 2.76. The van der Waals surface area contributed by atoms with E-state index in [-0.39, 0.29) is 0 Å². The molecular formula is C19H25N6OP. The lowest BCUT2D eigenvalue weighted by molar-refractivity contribution is 0.588. The van der Waals surface area contributed by atoms with Crippen molar-refractivity contribution in [3.8, 4) is 0 Å². The van der Waals surface area contributed by atoms with Crippen LogP contribution in [0.25, 0.3) is 0 Å². The van der Waals surface area contributed by atoms with Crippen molar-refractivity contribution in [2.75, 3.05) is 24.0 Å². The first-order valence-electron chi connectivity index (χ1n) is 8.81. The highest BCUT2D eigenvalue weighted by Crippen LogP contribution is 2.34. The Morgan fingerprint density at radius 3 is 2.41 bits per heavy atom. The highest BCUT2D eigenvalue weighted by molar-refractivity contribution is 7.70. The number of anilines is 4. The van der Waals surface area contributed by atoms with Crippen molar-refractivity contribution in [2.24, 2.45) is 0 Å². The van der Waals surface area contributed by atoms with Crippen molar-refractivity contribution >= 4 is 35.7 Å². The largest absolute Gasteiger partial charge is 0.325 e. The molecule has 0 unspecified atom stereocenters. The van der Waals surface area contributed by atoms with Gasteiger partial charge in [-0.3, -0.25) is 5.10 Å². The Hall–Kier alpha value is -2.66. The lowest BCUT2D eigenvalue weighted by Crippen LogP contribution is -2.05. The van der Waals surface area contributed by atoms with Crippen LogP contribution in [0.1, 0.15) is 31.0 Å². The zero-order chi connectivity index (χ0) is 19.6. The molecule has 7 nitrogen and oxygen atoms in total. The van der Waals surface area contributed by atoms with Crippen molar-refractivity contribution in [1.82, 2.24) is 20.2 Å². The van der Waals surface area contributed by atoms with Crippen LogP contribution in [0.4, 0.5) is 23.3 Å². The summed E-state index contributed by atoms with van der Waals surface area (Å²) in [4.78, 5) is 8.89. The van der Waals surface area contributed by atoms with Crippen molar-refractivity contribution in [3.63, 3.8) is 0 Å². The van der Waals surface area contributed by atoms with E-state index in [1.54, 1.807) is 19.5 Å². The second kappa shape index (κ2) is 7.53. The van der Waals surface area contributed by atoms with Gasteiger partial charge in [0.1, 0.15) is 18.8 Å². The minimum atomic E-state index is -2.26. The van der Waals surface area contributed by atoms with Crippen LogP contribution < -0.4 is 15.9 Å². The standard InChI is InChI=1S/C19H25N6OP/c1-12(2)16-10-17(25-24-16)22-18-13(3)11-20-19(23-18)21-14-6-8-15(9-7-14)27(4,5)26/h6-12H,1-5H3,(H3,20,21,22,23,24,25). The summed E-state index contributed by atoms with van der Waals surface area (Å²) < 4.78 is 12.1. The third kappa shape index (κ3) is 4.74. The molecule has 0 radical (unpaired) electrons. The van der Waals surface area contributed by atoms with E-state index >= 15 is 0 Å². The number of benzene rings is 1. The highest BCUT2D eigenvalue weighted by atomic mass is 31.2. The molecule has 2 aromatic heterocycles. The predicted molar refractivity (Wildman–Crippen MR) is 112 cm³/mol. The molecule has 0 amide bonds. The number of nitrogens with zero attached hydrogens (tertiary/aromatic N) is 3. The molecule has 0 aliphatic rings. The number of hydrogen-bond donors (Lipinski definition) is 3. The quantitative estimate of drug-likeness (QED) is 0.546. The second-order valence-corrected chi connectivity index (χ2v) is 10.5. The molecule has 1 aromatic carbocycles. The van der Waals surface area contributed by atoms with Gasteiger partial charge >= 0.3 is 0 Å². The van der Waals surface area contributed by atoms with Gasteiger partial charge in [-0.1, -0.05) is 13.8 Å². The van der Waals surface area contributed by atoms with E-state index < -0.39 is 7.14 Å². The average molecular weight is 384 g/mol. The Morgan fingerprint density at radius 2 is 1.81 bits per heavy atom. The normalized spacial score (nSPS) is 11.6. The van der Waals surface area contributed by atoms with Gasteiger partial charge in [0.25, 0.3) is 0 Å². The zero-order valence-corrected chi connectivity index (χ0v) is 17.1. The summed E-state index contributed by atoms with van der Waals surface area (Å²) in [6, 6.07) is 9.49. The summed E-state index contributed by atoms with van der Waals surface area (Å²) in [6.07, 6.45) is 1.76. The fraction of sp³-hybridized carbons (Fsp3) is 0.316. The molecule has 8 heteroatoms. The third-order valence-electron chi connectivity index (χ3n) is 4.16. The van der Waals surface area contributed by atoms with Gasteiger partial charge in [0.2, 0.25) is 5.95 Å². The fourth-order valence-corrected chi connectivity index (χ4v) is 3.35. The van der Waals surface area contributed by atoms with E-state index in [1.165, 1.54) is 0 Å². The molecule has 0 spiro atoms. The third-order valence-corrected chi connectivity index (χ3v) is 5.70. The molecule has 3 aromatic rings. The molecule has 3 rings (SSSR count). The van der Waals surface area contributed by atoms with Gasteiger partial charge in [0.15, 0.2) is 0 Å². The Bertz CT molecular complexity index is 974. The van der Waals surface area contributed by atoms with Crippen LogP contribution in [-0.4, -0.2) is 33.5 Å². The van der Waals surface area contributed by atoms with Crippen molar-refractivity contribution in [2.45, 2.75) is 26.7 Å². The van der Waals surface area contributed by atoms with Crippen molar-refractivity contribution in [1.29, 1.82) is 0 Å². The molecule has 0 saturated carbocycles. The number of nitrogens with one attached hydrogen (secondary N) is 3. The van der Waals surface area contributed by atoms with Crippen LogP contribution in [0.3, 0.4) is 0 Å². The summed E-state index contributed by atoms with van der Waals surface area (Å²) in [6.45, 7) is 9.66. The number of hydrogen-bond acceptors (Lipinski definition) is 6. The van der Waals surface area contributed by atoms with Crippen LogP contribution in [0, 0.1) is 6.92 Å². The number of H-pyrrole nitrogens is 1. The fourth-order valence-electron chi connectivity index (χ4n) is 2.49. The SMILES string of the molecule is Cc1cnc(Nc2ccc(P(C)(C)=O)cc2)nc1Nc1cc(C(C)C)n[nH]1. The van der Waals surface area contributed by atoms with Gasteiger partial charge in [-0.05, 0) is 50.4 Å². The average Bonchev–Trinajstić information content (AvgIpc) is 3.06. The van der Waals surface area contributed by atoms with E-state index in [4.69, 9.17) is 0 Å². The zero-order valence-electron chi connectivity index (χ0n) is 16.2. The maximum Gasteiger partial charge on any atom is 0.229 e.